The third-order valence-electron chi connectivity index (χ3n) is 2.48. The minimum Gasteiger partial charge on any atom is -0.387 e. The van der Waals surface area contributed by atoms with Gasteiger partial charge in [-0.2, -0.15) is 0 Å². The molecule has 0 radical (unpaired) electrons. The molecule has 0 amide bonds. The van der Waals surface area contributed by atoms with Gasteiger partial charge in [0.1, 0.15) is 0 Å². The van der Waals surface area contributed by atoms with Gasteiger partial charge >= 0.3 is 0 Å². The van der Waals surface area contributed by atoms with Crippen molar-refractivity contribution in [3.05, 3.63) is 33.8 Å². The number of nitrogens with one attached hydrogen (secondary N) is 1. The quantitative estimate of drug-likeness (QED) is 0.852. The summed E-state index contributed by atoms with van der Waals surface area (Å²) < 4.78 is 0. The molecule has 0 heterocycles. The lowest BCUT2D eigenvalue weighted by atomic mass is 10.0. The minimum absolute atomic E-state index is 0.00260. The topological polar surface area (TPSA) is 32.3 Å². The van der Waals surface area contributed by atoms with Crippen molar-refractivity contribution in [2.24, 2.45) is 0 Å². The molecule has 2 nitrogen and oxygen atoms in total. The number of hydrogen-bond donors (Lipinski definition) is 2. The number of aliphatic hydroxyl groups excluding tert-OH is 1. The van der Waals surface area contributed by atoms with Crippen molar-refractivity contribution in [3.63, 3.8) is 0 Å². The Balaban J connectivity index is 2.71. The highest BCUT2D eigenvalue weighted by Gasteiger charge is 2.16. The summed E-state index contributed by atoms with van der Waals surface area (Å²) in [6.45, 7) is 4.92. The van der Waals surface area contributed by atoms with E-state index in [1.165, 1.54) is 0 Å². The lowest BCUT2D eigenvalue weighted by Gasteiger charge is -2.20. The number of halogens is 2. The van der Waals surface area contributed by atoms with Gasteiger partial charge in [-0.05, 0) is 37.6 Å². The molecule has 0 aromatic heterocycles. The summed E-state index contributed by atoms with van der Waals surface area (Å²) in [6.07, 6.45) is 0.472. The second-order valence-corrected chi connectivity index (χ2v) is 4.68. The van der Waals surface area contributed by atoms with E-state index in [2.05, 4.69) is 12.2 Å². The smallest absolute Gasteiger partial charge is 0.0940 e. The van der Waals surface area contributed by atoms with Crippen LogP contribution in [0.1, 0.15) is 31.9 Å². The molecule has 1 aromatic rings. The summed E-state index contributed by atoms with van der Waals surface area (Å²) in [4.78, 5) is 0. The van der Waals surface area contributed by atoms with Crippen LogP contribution in [0.25, 0.3) is 0 Å². The van der Waals surface area contributed by atoms with E-state index in [0.29, 0.717) is 10.0 Å². The van der Waals surface area contributed by atoms with Crippen LogP contribution < -0.4 is 5.32 Å². The van der Waals surface area contributed by atoms with Gasteiger partial charge in [-0.3, -0.25) is 0 Å². The van der Waals surface area contributed by atoms with Gasteiger partial charge in [0.05, 0.1) is 16.1 Å². The zero-order valence-corrected chi connectivity index (χ0v) is 11.0. The highest BCUT2D eigenvalue weighted by Crippen LogP contribution is 2.26. The van der Waals surface area contributed by atoms with Crippen LogP contribution in [0.15, 0.2) is 18.2 Å². The summed E-state index contributed by atoms with van der Waals surface area (Å²) in [7, 11) is 0. The van der Waals surface area contributed by atoms with Crippen LogP contribution in [0.4, 0.5) is 0 Å². The van der Waals surface area contributed by atoms with Crippen molar-refractivity contribution in [1.29, 1.82) is 0 Å². The number of benzene rings is 1. The predicted molar refractivity (Wildman–Crippen MR) is 69.2 cm³/mol. The van der Waals surface area contributed by atoms with Crippen LogP contribution in [0, 0.1) is 0 Å². The van der Waals surface area contributed by atoms with Gasteiger partial charge in [0.2, 0.25) is 0 Å². The van der Waals surface area contributed by atoms with E-state index in [4.69, 9.17) is 23.2 Å². The maximum Gasteiger partial charge on any atom is 0.0940 e. The molecule has 0 aliphatic carbocycles. The van der Waals surface area contributed by atoms with Gasteiger partial charge in [0.25, 0.3) is 0 Å². The second-order valence-electron chi connectivity index (χ2n) is 3.86. The molecule has 2 atom stereocenters. The van der Waals surface area contributed by atoms with Crippen molar-refractivity contribution in [2.45, 2.75) is 32.4 Å². The first-order valence-corrected chi connectivity index (χ1v) is 6.18. The molecular formula is C12H17Cl2NO. The predicted octanol–water partition coefficient (Wildman–Crippen LogP) is 3.41. The van der Waals surface area contributed by atoms with E-state index in [-0.39, 0.29) is 6.04 Å². The Morgan fingerprint density at radius 2 is 2.00 bits per heavy atom. The summed E-state index contributed by atoms with van der Waals surface area (Å²) in [5, 5.41) is 14.3. The molecule has 1 aromatic carbocycles. The van der Waals surface area contributed by atoms with E-state index < -0.39 is 6.10 Å². The summed E-state index contributed by atoms with van der Waals surface area (Å²) >= 11 is 11.7. The number of aliphatic hydroxyl groups is 1. The second kappa shape index (κ2) is 6.45. The Bertz CT molecular complexity index is 344. The Kier molecular flexibility index (Phi) is 5.56. The van der Waals surface area contributed by atoms with Gasteiger partial charge in [-0.1, -0.05) is 36.2 Å². The number of rotatable bonds is 5. The zero-order chi connectivity index (χ0) is 12.1. The zero-order valence-electron chi connectivity index (χ0n) is 9.50. The van der Waals surface area contributed by atoms with Gasteiger partial charge < -0.3 is 10.4 Å². The summed E-state index contributed by atoms with van der Waals surface area (Å²) in [5.41, 5.74) is 0.783. The fraction of sp³-hybridized carbons (Fsp3) is 0.500. The summed E-state index contributed by atoms with van der Waals surface area (Å²) in [6, 6.07) is 5.20. The van der Waals surface area contributed by atoms with Crippen LogP contribution in [0.3, 0.4) is 0 Å². The van der Waals surface area contributed by atoms with Gasteiger partial charge in [-0.15, -0.1) is 0 Å². The molecule has 16 heavy (non-hydrogen) atoms. The van der Waals surface area contributed by atoms with E-state index in [0.717, 1.165) is 18.5 Å². The van der Waals surface area contributed by atoms with Crippen LogP contribution >= 0.6 is 23.2 Å². The van der Waals surface area contributed by atoms with Crippen LogP contribution in [0.5, 0.6) is 0 Å². The van der Waals surface area contributed by atoms with Gasteiger partial charge in [-0.25, -0.2) is 0 Å². The monoisotopic (exact) mass is 261 g/mol. The fourth-order valence-corrected chi connectivity index (χ4v) is 1.78. The van der Waals surface area contributed by atoms with E-state index in [9.17, 15) is 5.11 Å². The van der Waals surface area contributed by atoms with Crippen molar-refractivity contribution in [1.82, 2.24) is 5.32 Å². The molecule has 0 bridgehead atoms. The Hall–Kier alpha value is -0.280. The van der Waals surface area contributed by atoms with Crippen molar-refractivity contribution in [2.75, 3.05) is 6.54 Å². The maximum absolute atomic E-state index is 10.1. The molecule has 0 fully saturated rings. The highest BCUT2D eigenvalue weighted by molar-refractivity contribution is 6.42. The van der Waals surface area contributed by atoms with Crippen LogP contribution in [-0.4, -0.2) is 17.7 Å². The molecule has 2 unspecified atom stereocenters. The molecule has 0 aliphatic rings. The number of hydrogen-bond acceptors (Lipinski definition) is 2. The average Bonchev–Trinajstić information content (AvgIpc) is 2.28. The first-order valence-electron chi connectivity index (χ1n) is 5.42. The van der Waals surface area contributed by atoms with Gasteiger partial charge in [0.15, 0.2) is 0 Å². The molecule has 0 saturated heterocycles. The van der Waals surface area contributed by atoms with E-state index in [1.54, 1.807) is 18.2 Å². The lowest BCUT2D eigenvalue weighted by Crippen LogP contribution is -2.32. The molecule has 1 rings (SSSR count). The van der Waals surface area contributed by atoms with Crippen LogP contribution in [-0.2, 0) is 0 Å². The Morgan fingerprint density at radius 1 is 1.31 bits per heavy atom. The lowest BCUT2D eigenvalue weighted by molar-refractivity contribution is 0.136. The Morgan fingerprint density at radius 3 is 2.56 bits per heavy atom. The first kappa shape index (κ1) is 13.8. The normalized spacial score (nSPS) is 14.8. The van der Waals surface area contributed by atoms with Crippen molar-refractivity contribution < 1.29 is 5.11 Å². The fourth-order valence-electron chi connectivity index (χ4n) is 1.47. The molecule has 0 saturated carbocycles. The highest BCUT2D eigenvalue weighted by atomic mass is 35.5. The van der Waals surface area contributed by atoms with Gasteiger partial charge in [0, 0.05) is 6.04 Å². The third kappa shape index (κ3) is 3.63. The Labute approximate surface area is 107 Å². The van der Waals surface area contributed by atoms with E-state index >= 15 is 0 Å². The molecule has 0 spiro atoms. The summed E-state index contributed by atoms with van der Waals surface area (Å²) in [5.74, 6) is 0. The molecule has 90 valence electrons. The van der Waals surface area contributed by atoms with E-state index in [1.807, 2.05) is 6.92 Å². The molecular weight excluding hydrogens is 245 g/mol. The third-order valence-corrected chi connectivity index (χ3v) is 3.21. The van der Waals surface area contributed by atoms with Crippen molar-refractivity contribution >= 4 is 23.2 Å². The average molecular weight is 262 g/mol. The first-order chi connectivity index (χ1) is 7.56. The van der Waals surface area contributed by atoms with Crippen LogP contribution in [0.2, 0.25) is 10.0 Å². The molecule has 4 heteroatoms. The SMILES string of the molecule is CCCNC(C)C(O)c1ccc(Cl)c(Cl)c1. The minimum atomic E-state index is -0.568. The molecule has 0 aliphatic heterocycles. The standard InChI is InChI=1S/C12H17Cl2NO/c1-3-6-15-8(2)12(16)9-4-5-10(13)11(14)7-9/h4-5,7-8,12,15-16H,3,6H2,1-2H3. The maximum atomic E-state index is 10.1. The molecule has 2 N–H and O–H groups in total. The largest absolute Gasteiger partial charge is 0.387 e. The van der Waals surface area contributed by atoms with Crippen molar-refractivity contribution in [3.8, 4) is 0 Å².